The zero-order valence-electron chi connectivity index (χ0n) is 12.9. The van der Waals surface area contributed by atoms with Crippen LogP contribution in [-0.2, 0) is 5.41 Å². The largest absolute Gasteiger partial charge is 0.490 e. The molecule has 1 aliphatic carbocycles. The number of nitrogens with zero attached hydrogens (tertiary/aromatic N) is 1. The van der Waals surface area contributed by atoms with E-state index in [9.17, 15) is 5.26 Å². The SMILES string of the molecule is CC(C#N)(COc1ccccc1C(C)(C)C)NC1CC1. The van der Waals surface area contributed by atoms with E-state index in [-0.39, 0.29) is 5.41 Å². The van der Waals surface area contributed by atoms with E-state index in [2.05, 4.69) is 38.2 Å². The quantitative estimate of drug-likeness (QED) is 0.893. The molecule has 1 N–H and O–H groups in total. The molecule has 20 heavy (non-hydrogen) atoms. The topological polar surface area (TPSA) is 45.0 Å². The van der Waals surface area contributed by atoms with E-state index >= 15 is 0 Å². The van der Waals surface area contributed by atoms with Crippen LogP contribution in [0.25, 0.3) is 0 Å². The molecular formula is C17H24N2O. The Kier molecular flexibility index (Phi) is 4.06. The summed E-state index contributed by atoms with van der Waals surface area (Å²) in [5.41, 5.74) is 0.585. The summed E-state index contributed by atoms with van der Waals surface area (Å²) in [7, 11) is 0. The number of ether oxygens (including phenoxy) is 1. The Morgan fingerprint density at radius 1 is 1.25 bits per heavy atom. The van der Waals surface area contributed by atoms with Gasteiger partial charge in [0.15, 0.2) is 0 Å². The van der Waals surface area contributed by atoms with E-state index in [4.69, 9.17) is 4.74 Å². The predicted octanol–water partition coefficient (Wildman–Crippen LogP) is 3.40. The van der Waals surface area contributed by atoms with Gasteiger partial charge in [0.05, 0.1) is 6.07 Å². The number of para-hydroxylation sites is 1. The minimum Gasteiger partial charge on any atom is -0.490 e. The average molecular weight is 272 g/mol. The number of hydrogen-bond acceptors (Lipinski definition) is 3. The first-order chi connectivity index (χ1) is 9.34. The van der Waals surface area contributed by atoms with E-state index in [1.165, 1.54) is 5.56 Å². The van der Waals surface area contributed by atoms with Crippen LogP contribution in [0.5, 0.6) is 5.75 Å². The van der Waals surface area contributed by atoms with Crippen LogP contribution in [0.15, 0.2) is 24.3 Å². The number of nitrogens with one attached hydrogen (secondary N) is 1. The van der Waals surface area contributed by atoms with Gasteiger partial charge in [-0.3, -0.25) is 5.32 Å². The first kappa shape index (κ1) is 14.9. The van der Waals surface area contributed by atoms with Gasteiger partial charge >= 0.3 is 0 Å². The highest BCUT2D eigenvalue weighted by atomic mass is 16.5. The second-order valence-electron chi connectivity index (χ2n) is 6.90. The van der Waals surface area contributed by atoms with Crippen LogP contribution in [0.2, 0.25) is 0 Å². The Bertz CT molecular complexity index is 508. The fraction of sp³-hybridized carbons (Fsp3) is 0.588. The Hall–Kier alpha value is -1.53. The van der Waals surface area contributed by atoms with Gasteiger partial charge < -0.3 is 4.74 Å². The van der Waals surface area contributed by atoms with Crippen LogP contribution in [-0.4, -0.2) is 18.2 Å². The monoisotopic (exact) mass is 272 g/mol. The van der Waals surface area contributed by atoms with E-state index in [0.717, 1.165) is 18.6 Å². The molecule has 3 heteroatoms. The highest BCUT2D eigenvalue weighted by molar-refractivity contribution is 5.38. The van der Waals surface area contributed by atoms with E-state index < -0.39 is 5.54 Å². The molecule has 1 saturated carbocycles. The van der Waals surface area contributed by atoms with E-state index in [1.807, 2.05) is 25.1 Å². The van der Waals surface area contributed by atoms with E-state index in [1.54, 1.807) is 0 Å². The summed E-state index contributed by atoms with van der Waals surface area (Å²) in [4.78, 5) is 0. The molecule has 0 radical (unpaired) electrons. The van der Waals surface area contributed by atoms with Crippen molar-refractivity contribution in [2.24, 2.45) is 0 Å². The summed E-state index contributed by atoms with van der Waals surface area (Å²) < 4.78 is 5.96. The maximum absolute atomic E-state index is 9.38. The van der Waals surface area contributed by atoms with Gasteiger partial charge in [-0.25, -0.2) is 0 Å². The molecule has 0 heterocycles. The molecule has 3 nitrogen and oxygen atoms in total. The number of benzene rings is 1. The Labute approximate surface area is 121 Å². The lowest BCUT2D eigenvalue weighted by Gasteiger charge is -2.27. The molecule has 1 atom stereocenters. The molecule has 1 aromatic rings. The summed E-state index contributed by atoms with van der Waals surface area (Å²) in [6.07, 6.45) is 2.33. The molecule has 0 spiro atoms. The smallest absolute Gasteiger partial charge is 0.138 e. The molecule has 0 amide bonds. The first-order valence-electron chi connectivity index (χ1n) is 7.25. The van der Waals surface area contributed by atoms with Gasteiger partial charge in [0.1, 0.15) is 17.9 Å². The molecule has 0 aromatic heterocycles. The maximum Gasteiger partial charge on any atom is 0.138 e. The van der Waals surface area contributed by atoms with Gasteiger partial charge in [-0.2, -0.15) is 5.26 Å². The molecule has 0 bridgehead atoms. The Morgan fingerprint density at radius 3 is 2.45 bits per heavy atom. The summed E-state index contributed by atoms with van der Waals surface area (Å²) in [6.45, 7) is 8.78. The summed E-state index contributed by atoms with van der Waals surface area (Å²) >= 11 is 0. The standard InChI is InChI=1S/C17H24N2O/c1-16(2,3)14-7-5-6-8-15(14)20-12-17(4,11-18)19-13-9-10-13/h5-8,13,19H,9-10,12H2,1-4H3. The molecule has 1 fully saturated rings. The van der Waals surface area contributed by atoms with Gasteiger partial charge in [0, 0.05) is 6.04 Å². The minimum atomic E-state index is -0.619. The molecule has 2 rings (SSSR count). The fourth-order valence-electron chi connectivity index (χ4n) is 2.22. The van der Waals surface area contributed by atoms with Crippen molar-refractivity contribution in [1.82, 2.24) is 5.32 Å². The van der Waals surface area contributed by atoms with Crippen molar-refractivity contribution in [3.8, 4) is 11.8 Å². The van der Waals surface area contributed by atoms with Crippen LogP contribution in [0.3, 0.4) is 0 Å². The molecule has 108 valence electrons. The second kappa shape index (κ2) is 5.46. The molecular weight excluding hydrogens is 248 g/mol. The highest BCUT2D eigenvalue weighted by Gasteiger charge is 2.33. The second-order valence-corrected chi connectivity index (χ2v) is 6.90. The van der Waals surface area contributed by atoms with Crippen LogP contribution in [0, 0.1) is 11.3 Å². The van der Waals surface area contributed by atoms with Gasteiger partial charge in [-0.1, -0.05) is 39.0 Å². The van der Waals surface area contributed by atoms with Crippen LogP contribution < -0.4 is 10.1 Å². The molecule has 0 aliphatic heterocycles. The lowest BCUT2D eigenvalue weighted by molar-refractivity contribution is 0.228. The maximum atomic E-state index is 9.38. The third-order valence-electron chi connectivity index (χ3n) is 3.56. The van der Waals surface area contributed by atoms with Crippen LogP contribution in [0.4, 0.5) is 0 Å². The van der Waals surface area contributed by atoms with Crippen molar-refractivity contribution in [3.63, 3.8) is 0 Å². The lowest BCUT2D eigenvalue weighted by atomic mass is 9.86. The van der Waals surface area contributed by atoms with Crippen molar-refractivity contribution in [1.29, 1.82) is 5.26 Å². The van der Waals surface area contributed by atoms with Gasteiger partial charge in [0.2, 0.25) is 0 Å². The number of hydrogen-bond donors (Lipinski definition) is 1. The number of rotatable bonds is 5. The highest BCUT2D eigenvalue weighted by Crippen LogP contribution is 2.31. The van der Waals surface area contributed by atoms with Crippen molar-refractivity contribution in [2.75, 3.05) is 6.61 Å². The predicted molar refractivity (Wildman–Crippen MR) is 80.8 cm³/mol. The van der Waals surface area contributed by atoms with Gasteiger partial charge in [0.25, 0.3) is 0 Å². The zero-order chi connectivity index (χ0) is 14.8. The Morgan fingerprint density at radius 2 is 1.90 bits per heavy atom. The minimum absolute atomic E-state index is 0.0313. The third kappa shape index (κ3) is 3.74. The molecule has 0 saturated heterocycles. The lowest BCUT2D eigenvalue weighted by Crippen LogP contribution is -2.47. The van der Waals surface area contributed by atoms with Gasteiger partial charge in [-0.05, 0) is 36.8 Å². The summed E-state index contributed by atoms with van der Waals surface area (Å²) in [5.74, 6) is 0.874. The van der Waals surface area contributed by atoms with Gasteiger partial charge in [-0.15, -0.1) is 0 Å². The third-order valence-corrected chi connectivity index (χ3v) is 3.56. The van der Waals surface area contributed by atoms with Crippen LogP contribution in [0.1, 0.15) is 46.1 Å². The summed E-state index contributed by atoms with van der Waals surface area (Å²) in [6, 6.07) is 10.9. The van der Waals surface area contributed by atoms with Crippen molar-refractivity contribution < 1.29 is 4.74 Å². The van der Waals surface area contributed by atoms with Crippen molar-refractivity contribution in [3.05, 3.63) is 29.8 Å². The molecule has 1 aromatic carbocycles. The van der Waals surface area contributed by atoms with E-state index in [0.29, 0.717) is 12.6 Å². The molecule has 1 aliphatic rings. The Balaban J connectivity index is 2.08. The van der Waals surface area contributed by atoms with Crippen LogP contribution >= 0.6 is 0 Å². The first-order valence-corrected chi connectivity index (χ1v) is 7.25. The fourth-order valence-corrected chi connectivity index (χ4v) is 2.22. The normalized spacial score (nSPS) is 18.1. The zero-order valence-corrected chi connectivity index (χ0v) is 12.9. The summed E-state index contributed by atoms with van der Waals surface area (Å²) in [5, 5.41) is 12.7. The number of nitriles is 1. The van der Waals surface area contributed by atoms with Crippen molar-refractivity contribution >= 4 is 0 Å². The average Bonchev–Trinajstić information content (AvgIpc) is 3.19. The molecule has 1 unspecified atom stereocenters. The van der Waals surface area contributed by atoms with Crippen molar-refractivity contribution in [2.45, 2.75) is 57.5 Å².